The summed E-state index contributed by atoms with van der Waals surface area (Å²) in [6, 6.07) is 8.77. The molecule has 0 aliphatic heterocycles. The summed E-state index contributed by atoms with van der Waals surface area (Å²) < 4.78 is 5.81. The predicted molar refractivity (Wildman–Crippen MR) is 84.2 cm³/mol. The molecule has 2 heterocycles. The van der Waals surface area contributed by atoms with E-state index in [9.17, 15) is 0 Å². The summed E-state index contributed by atoms with van der Waals surface area (Å²) in [4.78, 5) is 5.75. The van der Waals surface area contributed by atoms with Crippen LogP contribution in [0, 0.1) is 0 Å². The number of thiophene rings is 1. The quantitative estimate of drug-likeness (QED) is 0.842. The molecule has 2 aromatic rings. The third-order valence-corrected chi connectivity index (χ3v) is 3.78. The zero-order chi connectivity index (χ0) is 14.4. The van der Waals surface area contributed by atoms with Crippen molar-refractivity contribution in [1.82, 2.24) is 10.3 Å². The van der Waals surface area contributed by atoms with Crippen LogP contribution in [0.5, 0.6) is 5.88 Å². The summed E-state index contributed by atoms with van der Waals surface area (Å²) in [5, 5.41) is 5.49. The van der Waals surface area contributed by atoms with E-state index in [0.717, 1.165) is 24.5 Å². The van der Waals surface area contributed by atoms with Gasteiger partial charge in [-0.05, 0) is 29.5 Å². The van der Waals surface area contributed by atoms with Gasteiger partial charge >= 0.3 is 0 Å². The summed E-state index contributed by atoms with van der Waals surface area (Å²) in [6.07, 6.45) is 0.922. The maximum atomic E-state index is 5.81. The standard InChI is InChI=1S/C16H22N2OS/c1-4-14-8-13(10-17-12(2)3)9-16(18-14)19-11-15-6-5-7-20-15/h5-9,12,17H,4,10-11H2,1-3H3. The van der Waals surface area contributed by atoms with Gasteiger partial charge in [-0.15, -0.1) is 11.3 Å². The molecule has 0 aromatic carbocycles. The molecule has 20 heavy (non-hydrogen) atoms. The molecular formula is C16H22N2OS. The first kappa shape index (κ1) is 15.0. The van der Waals surface area contributed by atoms with Crippen molar-refractivity contribution >= 4 is 11.3 Å². The first-order chi connectivity index (χ1) is 9.67. The average molecular weight is 290 g/mol. The number of aryl methyl sites for hydroxylation is 1. The lowest BCUT2D eigenvalue weighted by molar-refractivity contribution is 0.296. The third kappa shape index (κ3) is 4.62. The summed E-state index contributed by atoms with van der Waals surface area (Å²) in [6.45, 7) is 7.86. The molecule has 2 rings (SSSR count). The van der Waals surface area contributed by atoms with Crippen molar-refractivity contribution in [1.29, 1.82) is 0 Å². The van der Waals surface area contributed by atoms with Crippen LogP contribution >= 0.6 is 11.3 Å². The van der Waals surface area contributed by atoms with Gasteiger partial charge in [0.15, 0.2) is 0 Å². The fourth-order valence-electron chi connectivity index (χ4n) is 1.84. The fraction of sp³-hybridized carbons (Fsp3) is 0.438. The number of pyridine rings is 1. The van der Waals surface area contributed by atoms with Gasteiger partial charge in [-0.25, -0.2) is 4.98 Å². The predicted octanol–water partition coefficient (Wildman–Crippen LogP) is 3.78. The normalized spacial score (nSPS) is 11.0. The van der Waals surface area contributed by atoms with Crippen molar-refractivity contribution in [2.24, 2.45) is 0 Å². The van der Waals surface area contributed by atoms with Crippen LogP contribution in [-0.2, 0) is 19.6 Å². The van der Waals surface area contributed by atoms with E-state index in [1.54, 1.807) is 11.3 Å². The molecule has 3 nitrogen and oxygen atoms in total. The molecule has 0 spiro atoms. The number of ether oxygens (including phenoxy) is 1. The van der Waals surface area contributed by atoms with Crippen LogP contribution in [0.1, 0.15) is 36.9 Å². The van der Waals surface area contributed by atoms with E-state index >= 15 is 0 Å². The molecule has 1 N–H and O–H groups in total. The topological polar surface area (TPSA) is 34.1 Å². The fourth-order valence-corrected chi connectivity index (χ4v) is 2.46. The minimum atomic E-state index is 0.476. The molecule has 0 bridgehead atoms. The number of hydrogen-bond donors (Lipinski definition) is 1. The summed E-state index contributed by atoms with van der Waals surface area (Å²) in [5.41, 5.74) is 2.31. The van der Waals surface area contributed by atoms with Crippen molar-refractivity contribution in [3.63, 3.8) is 0 Å². The van der Waals surface area contributed by atoms with Gasteiger partial charge in [0.05, 0.1) is 0 Å². The van der Waals surface area contributed by atoms with Crippen molar-refractivity contribution < 1.29 is 4.74 Å². The van der Waals surface area contributed by atoms with Gasteiger partial charge in [0.25, 0.3) is 0 Å². The second kappa shape index (κ2) is 7.41. The number of nitrogens with one attached hydrogen (secondary N) is 1. The highest BCUT2D eigenvalue weighted by Crippen LogP contribution is 2.17. The lowest BCUT2D eigenvalue weighted by Gasteiger charge is -2.11. The van der Waals surface area contributed by atoms with Gasteiger partial charge in [0.1, 0.15) is 6.61 Å². The Labute approximate surface area is 125 Å². The highest BCUT2D eigenvalue weighted by Gasteiger charge is 2.05. The van der Waals surface area contributed by atoms with E-state index in [0.29, 0.717) is 12.6 Å². The molecule has 0 saturated heterocycles. The smallest absolute Gasteiger partial charge is 0.214 e. The van der Waals surface area contributed by atoms with Crippen LogP contribution in [0.4, 0.5) is 0 Å². The lowest BCUT2D eigenvalue weighted by Crippen LogP contribution is -2.22. The second-order valence-corrected chi connectivity index (χ2v) is 6.09. The van der Waals surface area contributed by atoms with Crippen molar-refractivity contribution in [3.8, 4) is 5.88 Å². The molecule has 0 atom stereocenters. The third-order valence-electron chi connectivity index (χ3n) is 2.93. The molecule has 4 heteroatoms. The first-order valence-electron chi connectivity index (χ1n) is 7.05. The van der Waals surface area contributed by atoms with Crippen molar-refractivity contribution in [3.05, 3.63) is 45.8 Å². The summed E-state index contributed by atoms with van der Waals surface area (Å²) >= 11 is 1.71. The minimum Gasteiger partial charge on any atom is -0.472 e. The molecule has 0 aliphatic carbocycles. The maximum Gasteiger partial charge on any atom is 0.214 e. The van der Waals surface area contributed by atoms with E-state index in [2.05, 4.69) is 48.6 Å². The molecule has 0 amide bonds. The van der Waals surface area contributed by atoms with Crippen LogP contribution < -0.4 is 10.1 Å². The summed E-state index contributed by atoms with van der Waals surface area (Å²) in [7, 11) is 0. The Morgan fingerprint density at radius 2 is 2.20 bits per heavy atom. The van der Waals surface area contributed by atoms with Crippen LogP contribution in [0.25, 0.3) is 0 Å². The van der Waals surface area contributed by atoms with Crippen LogP contribution in [-0.4, -0.2) is 11.0 Å². The number of rotatable bonds is 7. The van der Waals surface area contributed by atoms with E-state index < -0.39 is 0 Å². The van der Waals surface area contributed by atoms with Gasteiger partial charge in [0, 0.05) is 29.2 Å². The van der Waals surface area contributed by atoms with Gasteiger partial charge in [0.2, 0.25) is 5.88 Å². The lowest BCUT2D eigenvalue weighted by atomic mass is 10.2. The van der Waals surface area contributed by atoms with Crippen LogP contribution in [0.15, 0.2) is 29.6 Å². The van der Waals surface area contributed by atoms with Crippen molar-refractivity contribution in [2.45, 2.75) is 46.4 Å². The molecule has 108 valence electrons. The molecule has 0 radical (unpaired) electrons. The Morgan fingerprint density at radius 3 is 2.85 bits per heavy atom. The number of aromatic nitrogens is 1. The average Bonchev–Trinajstić information content (AvgIpc) is 2.96. The monoisotopic (exact) mass is 290 g/mol. The molecular weight excluding hydrogens is 268 g/mol. The Kier molecular flexibility index (Phi) is 5.56. The molecule has 2 aromatic heterocycles. The van der Waals surface area contributed by atoms with E-state index in [-0.39, 0.29) is 0 Å². The minimum absolute atomic E-state index is 0.476. The number of nitrogens with zero attached hydrogens (tertiary/aromatic N) is 1. The Balaban J connectivity index is 2.04. The molecule has 0 saturated carbocycles. The SMILES string of the molecule is CCc1cc(CNC(C)C)cc(OCc2cccs2)n1. The zero-order valence-electron chi connectivity index (χ0n) is 12.3. The molecule has 0 unspecified atom stereocenters. The Bertz CT molecular complexity index is 523. The van der Waals surface area contributed by atoms with Crippen LogP contribution in [0.2, 0.25) is 0 Å². The first-order valence-corrected chi connectivity index (χ1v) is 7.93. The van der Waals surface area contributed by atoms with Crippen molar-refractivity contribution in [2.75, 3.05) is 0 Å². The van der Waals surface area contributed by atoms with Gasteiger partial charge in [-0.1, -0.05) is 26.8 Å². The van der Waals surface area contributed by atoms with E-state index in [1.807, 2.05) is 12.1 Å². The zero-order valence-corrected chi connectivity index (χ0v) is 13.2. The van der Waals surface area contributed by atoms with E-state index in [1.165, 1.54) is 10.4 Å². The Hall–Kier alpha value is -1.39. The molecule has 0 fully saturated rings. The largest absolute Gasteiger partial charge is 0.472 e. The van der Waals surface area contributed by atoms with Gasteiger partial charge in [-0.2, -0.15) is 0 Å². The number of hydrogen-bond acceptors (Lipinski definition) is 4. The van der Waals surface area contributed by atoms with E-state index in [4.69, 9.17) is 4.74 Å². The van der Waals surface area contributed by atoms with Crippen LogP contribution in [0.3, 0.4) is 0 Å². The van der Waals surface area contributed by atoms with Gasteiger partial charge < -0.3 is 10.1 Å². The molecule has 0 aliphatic rings. The highest BCUT2D eigenvalue weighted by molar-refractivity contribution is 7.09. The highest BCUT2D eigenvalue weighted by atomic mass is 32.1. The second-order valence-electron chi connectivity index (χ2n) is 5.06. The summed E-state index contributed by atoms with van der Waals surface area (Å²) in [5.74, 6) is 0.721. The maximum absolute atomic E-state index is 5.81. The Morgan fingerprint density at radius 1 is 1.35 bits per heavy atom. The van der Waals surface area contributed by atoms with Gasteiger partial charge in [-0.3, -0.25) is 0 Å².